The van der Waals surface area contributed by atoms with E-state index < -0.39 is 20.6 Å². The largest absolute Gasteiger partial charge is 0.350 e. The number of hydrazone groups is 1. The molecule has 0 spiro atoms. The van der Waals surface area contributed by atoms with E-state index in [1.54, 1.807) is 19.1 Å². The van der Waals surface area contributed by atoms with Gasteiger partial charge >= 0.3 is 0 Å². The minimum atomic E-state index is -4.01. The summed E-state index contributed by atoms with van der Waals surface area (Å²) in [4.78, 5) is 10.6. The number of hydrogen-bond acceptors (Lipinski definition) is 6. The lowest BCUT2D eigenvalue weighted by atomic mass is 10.1. The maximum Gasteiger partial charge on any atom is 0.295 e. The summed E-state index contributed by atoms with van der Waals surface area (Å²) in [7, 11) is -2.17. The fourth-order valence-corrected chi connectivity index (χ4v) is 3.98. The number of aromatic nitrogens is 1. The molecule has 0 aliphatic rings. The van der Waals surface area contributed by atoms with E-state index in [2.05, 4.69) is 15.2 Å². The predicted octanol–water partition coefficient (Wildman–Crippen LogP) is 3.80. The average molecular weight is 427 g/mol. The molecular formula is C20H21N5O4S. The fourth-order valence-electron chi connectivity index (χ4n) is 2.83. The molecule has 0 aliphatic heterocycles. The van der Waals surface area contributed by atoms with Gasteiger partial charge in [-0.05, 0) is 49.7 Å². The highest BCUT2D eigenvalue weighted by atomic mass is 32.2. The number of sulfonamides is 1. The Hall–Kier alpha value is -3.66. The van der Waals surface area contributed by atoms with Gasteiger partial charge in [0.15, 0.2) is 0 Å². The second-order valence-corrected chi connectivity index (χ2v) is 8.46. The average Bonchev–Trinajstić information content (AvgIpc) is 3.09. The van der Waals surface area contributed by atoms with E-state index in [-0.39, 0.29) is 10.6 Å². The summed E-state index contributed by atoms with van der Waals surface area (Å²) in [5.41, 5.74) is 5.24. The molecule has 9 nitrogen and oxygen atoms in total. The van der Waals surface area contributed by atoms with Crippen molar-refractivity contribution in [3.63, 3.8) is 0 Å². The molecule has 10 heteroatoms. The van der Waals surface area contributed by atoms with E-state index in [1.165, 1.54) is 18.3 Å². The lowest BCUT2D eigenvalue weighted by Gasteiger charge is -2.12. The standard InChI is InChI=1S/C20H21N5O4S/c1-14-6-8-18(15(2)11-14)23-30(28,29)17-7-9-19(20(12-17)25(26)27)22-21-13-16-5-4-10-24(16)3/h4-13,22-23H,1-3H3/b21-13+. The highest BCUT2D eigenvalue weighted by Gasteiger charge is 2.22. The summed E-state index contributed by atoms with van der Waals surface area (Å²) in [6, 6.07) is 12.6. The van der Waals surface area contributed by atoms with E-state index in [9.17, 15) is 18.5 Å². The number of nitro benzene ring substituents is 1. The fraction of sp³-hybridized carbons (Fsp3) is 0.150. The molecule has 0 saturated carbocycles. The van der Waals surface area contributed by atoms with Crippen molar-refractivity contribution >= 4 is 33.3 Å². The van der Waals surface area contributed by atoms with Crippen LogP contribution in [0.1, 0.15) is 16.8 Å². The van der Waals surface area contributed by atoms with Gasteiger partial charge in [0, 0.05) is 19.3 Å². The van der Waals surface area contributed by atoms with Gasteiger partial charge in [-0.3, -0.25) is 20.3 Å². The molecule has 3 aromatic rings. The Morgan fingerprint density at radius 2 is 1.83 bits per heavy atom. The molecule has 2 N–H and O–H groups in total. The van der Waals surface area contributed by atoms with E-state index in [4.69, 9.17) is 0 Å². The molecule has 1 aromatic heterocycles. The van der Waals surface area contributed by atoms with Gasteiger partial charge in [-0.1, -0.05) is 17.7 Å². The van der Waals surface area contributed by atoms with Crippen LogP contribution < -0.4 is 10.1 Å². The second kappa shape index (κ2) is 8.37. The molecule has 0 atom stereocenters. The maximum atomic E-state index is 12.7. The van der Waals surface area contributed by atoms with Crippen molar-refractivity contribution in [2.24, 2.45) is 12.1 Å². The first-order chi connectivity index (χ1) is 14.2. The molecule has 3 rings (SSSR count). The molecule has 2 aromatic carbocycles. The number of nitro groups is 1. The number of nitrogens with one attached hydrogen (secondary N) is 2. The van der Waals surface area contributed by atoms with Crippen molar-refractivity contribution < 1.29 is 13.3 Å². The van der Waals surface area contributed by atoms with Crippen LogP contribution in [0.4, 0.5) is 17.1 Å². The van der Waals surface area contributed by atoms with Crippen LogP contribution >= 0.6 is 0 Å². The SMILES string of the molecule is Cc1ccc(NS(=O)(=O)c2ccc(N/N=C/c3cccn3C)c([N+](=O)[O-])c2)c(C)c1. The first kappa shape index (κ1) is 21.1. The van der Waals surface area contributed by atoms with Crippen LogP contribution in [-0.2, 0) is 17.1 Å². The molecule has 0 fully saturated rings. The summed E-state index contributed by atoms with van der Waals surface area (Å²) < 4.78 is 29.8. The van der Waals surface area contributed by atoms with Crippen LogP contribution in [0.2, 0.25) is 0 Å². The Bertz CT molecular complexity index is 1230. The molecule has 1 heterocycles. The highest BCUT2D eigenvalue weighted by molar-refractivity contribution is 7.92. The summed E-state index contributed by atoms with van der Waals surface area (Å²) in [6.45, 7) is 3.69. The highest BCUT2D eigenvalue weighted by Crippen LogP contribution is 2.29. The Kier molecular flexibility index (Phi) is 5.88. The molecule has 0 radical (unpaired) electrons. The number of aryl methyl sites for hydroxylation is 3. The minimum Gasteiger partial charge on any atom is -0.350 e. The zero-order chi connectivity index (χ0) is 21.9. The van der Waals surface area contributed by atoms with Gasteiger partial charge in [-0.25, -0.2) is 8.42 Å². The molecule has 0 bridgehead atoms. The van der Waals surface area contributed by atoms with Crippen LogP contribution in [0, 0.1) is 24.0 Å². The Balaban J connectivity index is 1.87. The molecule has 0 aliphatic carbocycles. The van der Waals surface area contributed by atoms with Gasteiger partial charge in [0.25, 0.3) is 15.7 Å². The zero-order valence-corrected chi connectivity index (χ0v) is 17.5. The topological polar surface area (TPSA) is 119 Å². The molecule has 0 saturated heterocycles. The lowest BCUT2D eigenvalue weighted by molar-refractivity contribution is -0.384. The monoisotopic (exact) mass is 427 g/mol. The third-order valence-corrected chi connectivity index (χ3v) is 5.83. The Morgan fingerprint density at radius 1 is 1.10 bits per heavy atom. The summed E-state index contributed by atoms with van der Waals surface area (Å²) in [5.74, 6) is 0. The van der Waals surface area contributed by atoms with E-state index in [0.717, 1.165) is 22.9 Å². The van der Waals surface area contributed by atoms with Crippen LogP contribution in [0.3, 0.4) is 0 Å². The minimum absolute atomic E-state index is 0.0796. The van der Waals surface area contributed by atoms with Crippen LogP contribution in [-0.4, -0.2) is 24.1 Å². The number of rotatable bonds is 7. The first-order valence-corrected chi connectivity index (χ1v) is 10.4. The quantitative estimate of drug-likeness (QED) is 0.338. The number of hydrogen-bond donors (Lipinski definition) is 2. The van der Waals surface area contributed by atoms with Crippen molar-refractivity contribution in [1.29, 1.82) is 0 Å². The van der Waals surface area contributed by atoms with Crippen molar-refractivity contribution in [2.75, 3.05) is 10.1 Å². The lowest BCUT2D eigenvalue weighted by Crippen LogP contribution is -2.14. The van der Waals surface area contributed by atoms with Gasteiger partial charge in [0.2, 0.25) is 0 Å². The third-order valence-electron chi connectivity index (χ3n) is 4.47. The molecule has 156 valence electrons. The van der Waals surface area contributed by atoms with Crippen LogP contribution in [0.25, 0.3) is 0 Å². The van der Waals surface area contributed by atoms with Gasteiger partial charge < -0.3 is 4.57 Å². The third kappa shape index (κ3) is 4.66. The van der Waals surface area contributed by atoms with Crippen molar-refractivity contribution in [3.8, 4) is 0 Å². The van der Waals surface area contributed by atoms with Crippen LogP contribution in [0.5, 0.6) is 0 Å². The van der Waals surface area contributed by atoms with Gasteiger partial charge in [0.1, 0.15) is 5.69 Å². The number of nitrogens with zero attached hydrogens (tertiary/aromatic N) is 3. The Morgan fingerprint density at radius 3 is 2.47 bits per heavy atom. The normalized spacial score (nSPS) is 11.6. The van der Waals surface area contributed by atoms with Crippen molar-refractivity contribution in [2.45, 2.75) is 18.7 Å². The van der Waals surface area contributed by atoms with Gasteiger partial charge in [0.05, 0.1) is 27.4 Å². The Labute approximate surface area is 174 Å². The molecule has 0 unspecified atom stereocenters. The summed E-state index contributed by atoms with van der Waals surface area (Å²) in [6.07, 6.45) is 3.35. The number of anilines is 2. The number of benzene rings is 2. The van der Waals surface area contributed by atoms with Crippen molar-refractivity contribution in [1.82, 2.24) is 4.57 Å². The molecule has 30 heavy (non-hydrogen) atoms. The predicted molar refractivity (Wildman–Crippen MR) is 116 cm³/mol. The van der Waals surface area contributed by atoms with Crippen LogP contribution in [0.15, 0.2) is 64.7 Å². The summed E-state index contributed by atoms with van der Waals surface area (Å²) in [5, 5.41) is 15.5. The first-order valence-electron chi connectivity index (χ1n) is 8.96. The molecule has 0 amide bonds. The van der Waals surface area contributed by atoms with E-state index in [1.807, 2.05) is 42.9 Å². The summed E-state index contributed by atoms with van der Waals surface area (Å²) >= 11 is 0. The second-order valence-electron chi connectivity index (χ2n) is 6.77. The van der Waals surface area contributed by atoms with E-state index >= 15 is 0 Å². The van der Waals surface area contributed by atoms with Crippen molar-refractivity contribution in [3.05, 3.63) is 81.7 Å². The van der Waals surface area contributed by atoms with E-state index in [0.29, 0.717) is 5.69 Å². The molecular weight excluding hydrogens is 406 g/mol. The zero-order valence-electron chi connectivity index (χ0n) is 16.7. The van der Waals surface area contributed by atoms with Gasteiger partial charge in [-0.2, -0.15) is 5.10 Å². The smallest absolute Gasteiger partial charge is 0.295 e. The maximum absolute atomic E-state index is 12.7. The van der Waals surface area contributed by atoms with Gasteiger partial charge in [-0.15, -0.1) is 0 Å².